The Morgan fingerprint density at radius 3 is 2.67 bits per heavy atom. The fourth-order valence-corrected chi connectivity index (χ4v) is 1.91. The summed E-state index contributed by atoms with van der Waals surface area (Å²) in [5.41, 5.74) is 0.235. The fraction of sp³-hybridized carbons (Fsp3) is 0.143. The fourth-order valence-electron chi connectivity index (χ4n) is 1.65. The van der Waals surface area contributed by atoms with Crippen molar-refractivity contribution in [2.45, 2.75) is 0 Å². The molecule has 1 aromatic carbocycles. The second-order valence-corrected chi connectivity index (χ2v) is 4.76. The van der Waals surface area contributed by atoms with Crippen LogP contribution in [0.2, 0.25) is 10.0 Å². The summed E-state index contributed by atoms with van der Waals surface area (Å²) in [7, 11) is 3.13. The molecule has 7 heteroatoms. The lowest BCUT2D eigenvalue weighted by Gasteiger charge is -2.07. The number of benzene rings is 1. The van der Waals surface area contributed by atoms with Crippen LogP contribution in [0.3, 0.4) is 0 Å². The normalized spacial score (nSPS) is 10.9. The lowest BCUT2D eigenvalue weighted by atomic mass is 10.2. The Kier molecular flexibility index (Phi) is 4.88. The molecular formula is C14H12Cl2N2O3. The Bertz CT molecular complexity index is 741. The maximum Gasteiger partial charge on any atom is 0.291 e. The van der Waals surface area contributed by atoms with Crippen LogP contribution in [0.5, 0.6) is 11.5 Å². The molecule has 0 N–H and O–H groups in total. The summed E-state index contributed by atoms with van der Waals surface area (Å²) in [6.45, 7) is 0. The van der Waals surface area contributed by atoms with E-state index in [1.165, 1.54) is 12.4 Å². The first-order chi connectivity index (χ1) is 10.1. The van der Waals surface area contributed by atoms with Crippen LogP contribution in [-0.4, -0.2) is 24.0 Å². The van der Waals surface area contributed by atoms with Crippen molar-refractivity contribution in [3.05, 3.63) is 50.4 Å². The van der Waals surface area contributed by atoms with Crippen LogP contribution >= 0.6 is 23.2 Å². The van der Waals surface area contributed by atoms with E-state index in [0.29, 0.717) is 11.5 Å². The zero-order chi connectivity index (χ0) is 15.4. The third-order valence-corrected chi connectivity index (χ3v) is 3.48. The Labute approximate surface area is 131 Å². The number of rotatable bonds is 4. The average Bonchev–Trinajstić information content (AvgIpc) is 2.51. The van der Waals surface area contributed by atoms with Crippen molar-refractivity contribution >= 4 is 35.5 Å². The minimum Gasteiger partial charge on any atom is -0.497 e. The second kappa shape index (κ2) is 6.65. The zero-order valence-electron chi connectivity index (χ0n) is 11.3. The van der Waals surface area contributed by atoms with Gasteiger partial charge in [0, 0.05) is 11.8 Å². The van der Waals surface area contributed by atoms with Gasteiger partial charge in [0.05, 0.1) is 25.4 Å². The maximum atomic E-state index is 11.9. The molecule has 0 saturated carbocycles. The van der Waals surface area contributed by atoms with Crippen molar-refractivity contribution in [3.63, 3.8) is 0 Å². The molecule has 0 aliphatic heterocycles. The van der Waals surface area contributed by atoms with Gasteiger partial charge < -0.3 is 9.47 Å². The number of ether oxygens (including phenoxy) is 2. The molecule has 0 unspecified atom stereocenters. The summed E-state index contributed by atoms with van der Waals surface area (Å²) < 4.78 is 11.5. The van der Waals surface area contributed by atoms with E-state index < -0.39 is 5.56 Å². The van der Waals surface area contributed by atoms with Crippen LogP contribution < -0.4 is 15.0 Å². The summed E-state index contributed by atoms with van der Waals surface area (Å²) in [6, 6.07) is 5.32. The van der Waals surface area contributed by atoms with E-state index in [2.05, 4.69) is 5.10 Å². The van der Waals surface area contributed by atoms with Crippen molar-refractivity contribution in [1.82, 2.24) is 9.78 Å². The van der Waals surface area contributed by atoms with Crippen molar-refractivity contribution in [2.75, 3.05) is 14.2 Å². The first-order valence-corrected chi connectivity index (χ1v) is 6.65. The van der Waals surface area contributed by atoms with Crippen LogP contribution in [0.25, 0.3) is 12.3 Å². The summed E-state index contributed by atoms with van der Waals surface area (Å²) in [5.74, 6) is 1.31. The van der Waals surface area contributed by atoms with Gasteiger partial charge in [-0.25, -0.2) is 4.68 Å². The zero-order valence-corrected chi connectivity index (χ0v) is 12.9. The maximum absolute atomic E-state index is 11.9. The highest BCUT2D eigenvalue weighted by molar-refractivity contribution is 6.41. The molecule has 0 radical (unpaired) electrons. The molecule has 0 spiro atoms. The predicted octanol–water partition coefficient (Wildman–Crippen LogP) is 3.20. The number of methoxy groups -OCH3 is 2. The van der Waals surface area contributed by atoms with Crippen molar-refractivity contribution in [1.29, 1.82) is 0 Å². The number of hydrogen-bond acceptors (Lipinski definition) is 4. The third-order valence-electron chi connectivity index (χ3n) is 2.73. The summed E-state index contributed by atoms with van der Waals surface area (Å²) in [4.78, 5) is 11.9. The van der Waals surface area contributed by atoms with Gasteiger partial charge in [0.25, 0.3) is 5.56 Å². The van der Waals surface area contributed by atoms with Crippen molar-refractivity contribution in [2.24, 2.45) is 0 Å². The highest BCUT2D eigenvalue weighted by Crippen LogP contribution is 2.25. The monoisotopic (exact) mass is 326 g/mol. The molecule has 2 rings (SSSR count). The number of nitrogens with zero attached hydrogens (tertiary/aromatic N) is 2. The Morgan fingerprint density at radius 2 is 2.00 bits per heavy atom. The van der Waals surface area contributed by atoms with Gasteiger partial charge in [0.15, 0.2) is 0 Å². The number of hydrogen-bond donors (Lipinski definition) is 0. The Hall–Kier alpha value is -1.98. The predicted molar refractivity (Wildman–Crippen MR) is 83.3 cm³/mol. The van der Waals surface area contributed by atoms with E-state index >= 15 is 0 Å². The van der Waals surface area contributed by atoms with Gasteiger partial charge in [-0.15, -0.1) is 0 Å². The molecule has 0 aliphatic carbocycles. The molecule has 0 fully saturated rings. The van der Waals surface area contributed by atoms with Gasteiger partial charge in [0.2, 0.25) is 0 Å². The van der Waals surface area contributed by atoms with E-state index in [1.807, 2.05) is 0 Å². The summed E-state index contributed by atoms with van der Waals surface area (Å²) in [5, 5.41) is 3.92. The van der Waals surface area contributed by atoms with E-state index in [9.17, 15) is 4.79 Å². The molecule has 0 atom stereocenters. The summed E-state index contributed by atoms with van der Waals surface area (Å²) in [6.07, 6.45) is 4.44. The van der Waals surface area contributed by atoms with E-state index in [-0.39, 0.29) is 10.0 Å². The Morgan fingerprint density at radius 1 is 1.24 bits per heavy atom. The highest BCUT2D eigenvalue weighted by atomic mass is 35.5. The molecular weight excluding hydrogens is 315 g/mol. The highest BCUT2D eigenvalue weighted by Gasteiger charge is 2.06. The average molecular weight is 327 g/mol. The molecule has 21 heavy (non-hydrogen) atoms. The van der Waals surface area contributed by atoms with Crippen LogP contribution in [0.15, 0.2) is 29.2 Å². The quantitative estimate of drug-likeness (QED) is 0.865. The second-order valence-electron chi connectivity index (χ2n) is 3.98. The third kappa shape index (κ3) is 3.37. The first-order valence-electron chi connectivity index (χ1n) is 5.90. The topological polar surface area (TPSA) is 53.4 Å². The lowest BCUT2D eigenvalue weighted by Crippen LogP contribution is -2.18. The largest absolute Gasteiger partial charge is 0.497 e. The van der Waals surface area contributed by atoms with Gasteiger partial charge in [-0.05, 0) is 24.3 Å². The van der Waals surface area contributed by atoms with Crippen LogP contribution in [0.4, 0.5) is 0 Å². The van der Waals surface area contributed by atoms with Crippen LogP contribution in [0.1, 0.15) is 5.56 Å². The minimum atomic E-state index is -0.498. The minimum absolute atomic E-state index is 0.0751. The molecule has 5 nitrogen and oxygen atoms in total. The summed E-state index contributed by atoms with van der Waals surface area (Å²) >= 11 is 11.5. The SMILES string of the molecule is COc1ccc(OC)c(/C=C/n2ncc(Cl)c(Cl)c2=O)c1. The lowest BCUT2D eigenvalue weighted by molar-refractivity contribution is 0.402. The number of halogens is 2. The van der Waals surface area contributed by atoms with Crippen molar-refractivity contribution in [3.8, 4) is 11.5 Å². The van der Waals surface area contributed by atoms with Crippen LogP contribution in [0, 0.1) is 0 Å². The molecule has 1 heterocycles. The van der Waals surface area contributed by atoms with E-state index in [1.54, 1.807) is 38.5 Å². The van der Waals surface area contributed by atoms with Gasteiger partial charge in [-0.1, -0.05) is 23.2 Å². The van der Waals surface area contributed by atoms with Gasteiger partial charge in [0.1, 0.15) is 16.5 Å². The number of aromatic nitrogens is 2. The van der Waals surface area contributed by atoms with Gasteiger partial charge in [-0.3, -0.25) is 4.79 Å². The van der Waals surface area contributed by atoms with Crippen LogP contribution in [-0.2, 0) is 0 Å². The first kappa shape index (κ1) is 15.4. The Balaban J connectivity index is 2.42. The molecule has 0 aliphatic rings. The molecule has 110 valence electrons. The molecule has 2 aromatic rings. The van der Waals surface area contributed by atoms with Gasteiger partial charge in [-0.2, -0.15) is 5.10 Å². The molecule has 0 saturated heterocycles. The molecule has 0 amide bonds. The van der Waals surface area contributed by atoms with Crippen molar-refractivity contribution < 1.29 is 9.47 Å². The molecule has 0 bridgehead atoms. The van der Waals surface area contributed by atoms with E-state index in [0.717, 1.165) is 10.2 Å². The van der Waals surface area contributed by atoms with E-state index in [4.69, 9.17) is 32.7 Å². The standard InChI is InChI=1S/C14H12Cl2N2O3/c1-20-10-3-4-12(21-2)9(7-10)5-6-18-14(19)13(16)11(15)8-17-18/h3-8H,1-2H3/b6-5+. The van der Waals surface area contributed by atoms with Gasteiger partial charge >= 0.3 is 0 Å². The smallest absolute Gasteiger partial charge is 0.291 e. The molecule has 1 aromatic heterocycles.